The Labute approximate surface area is 154 Å². The molecule has 3 aromatic rings. The van der Waals surface area contributed by atoms with Crippen LogP contribution in [-0.2, 0) is 19.3 Å². The highest BCUT2D eigenvalue weighted by Crippen LogP contribution is 2.31. The number of nitrogens with zero attached hydrogens (tertiary/aromatic N) is 3. The summed E-state index contributed by atoms with van der Waals surface area (Å²) in [6.07, 6.45) is -0.819. The molecule has 0 saturated carbocycles. The average Bonchev–Trinajstić information content (AvgIpc) is 3.04. The molecule has 0 aliphatic heterocycles. The highest BCUT2D eigenvalue weighted by atomic mass is 19.4. The van der Waals surface area contributed by atoms with Crippen LogP contribution in [0.3, 0.4) is 0 Å². The summed E-state index contributed by atoms with van der Waals surface area (Å²) in [6.45, 7) is 3.01. The molecule has 0 spiro atoms. The number of hydrogen-bond donors (Lipinski definition) is 1. The average molecular weight is 370 g/mol. The van der Waals surface area contributed by atoms with Gasteiger partial charge >= 0.3 is 6.18 Å². The van der Waals surface area contributed by atoms with Gasteiger partial charge in [-0.15, -0.1) is 0 Å². The van der Waals surface area contributed by atoms with Gasteiger partial charge in [-0.1, -0.05) is 24.3 Å². The SMILES string of the molecule is Cc1nccn1Cc1cccc(CNc2ccc(C(F)(F)F)cc2C#N)c1. The smallest absolute Gasteiger partial charge is 0.380 e. The summed E-state index contributed by atoms with van der Waals surface area (Å²) in [5.41, 5.74) is 1.57. The van der Waals surface area contributed by atoms with E-state index in [0.29, 0.717) is 18.8 Å². The first kappa shape index (κ1) is 18.5. The van der Waals surface area contributed by atoms with Gasteiger partial charge in [0.25, 0.3) is 0 Å². The van der Waals surface area contributed by atoms with Crippen molar-refractivity contribution in [3.8, 4) is 6.07 Å². The molecule has 0 fully saturated rings. The molecular formula is C20H17F3N4. The molecule has 0 saturated heterocycles. The minimum atomic E-state index is -4.47. The number of aromatic nitrogens is 2. The number of aryl methyl sites for hydroxylation is 1. The van der Waals surface area contributed by atoms with E-state index in [1.807, 2.05) is 48.0 Å². The van der Waals surface area contributed by atoms with Crippen LogP contribution in [0.25, 0.3) is 0 Å². The number of benzene rings is 2. The number of nitriles is 1. The Morgan fingerprint density at radius 1 is 1.15 bits per heavy atom. The second-order valence-electron chi connectivity index (χ2n) is 6.15. The minimum Gasteiger partial charge on any atom is -0.380 e. The molecule has 0 atom stereocenters. The van der Waals surface area contributed by atoms with Crippen LogP contribution in [-0.4, -0.2) is 9.55 Å². The van der Waals surface area contributed by atoms with Crippen LogP contribution >= 0.6 is 0 Å². The Bertz CT molecular complexity index is 983. The number of halogens is 3. The van der Waals surface area contributed by atoms with Crippen LogP contribution in [0.4, 0.5) is 18.9 Å². The normalized spacial score (nSPS) is 11.2. The lowest BCUT2D eigenvalue weighted by Crippen LogP contribution is -2.07. The highest BCUT2D eigenvalue weighted by molar-refractivity contribution is 5.59. The number of rotatable bonds is 5. The van der Waals surface area contributed by atoms with Crippen LogP contribution in [0.5, 0.6) is 0 Å². The van der Waals surface area contributed by atoms with Crippen molar-refractivity contribution in [1.29, 1.82) is 5.26 Å². The Balaban J connectivity index is 1.73. The first-order valence-corrected chi connectivity index (χ1v) is 8.27. The van der Waals surface area contributed by atoms with Crippen molar-refractivity contribution in [3.05, 3.63) is 82.9 Å². The lowest BCUT2D eigenvalue weighted by Gasteiger charge is -2.12. The number of imidazole rings is 1. The molecule has 7 heteroatoms. The van der Waals surface area contributed by atoms with E-state index in [9.17, 15) is 13.2 Å². The summed E-state index contributed by atoms with van der Waals surface area (Å²) in [4.78, 5) is 4.19. The fourth-order valence-corrected chi connectivity index (χ4v) is 2.77. The second-order valence-corrected chi connectivity index (χ2v) is 6.15. The number of alkyl halides is 3. The third-order valence-corrected chi connectivity index (χ3v) is 4.22. The predicted molar refractivity (Wildman–Crippen MR) is 96.0 cm³/mol. The van der Waals surface area contributed by atoms with Gasteiger partial charge in [-0.2, -0.15) is 18.4 Å². The van der Waals surface area contributed by atoms with Crippen LogP contribution in [0.2, 0.25) is 0 Å². The quantitative estimate of drug-likeness (QED) is 0.706. The highest BCUT2D eigenvalue weighted by Gasteiger charge is 2.31. The van der Waals surface area contributed by atoms with Gasteiger partial charge in [0.15, 0.2) is 0 Å². The van der Waals surface area contributed by atoms with E-state index in [1.54, 1.807) is 6.20 Å². The summed E-state index contributed by atoms with van der Waals surface area (Å²) in [5, 5.41) is 12.2. The monoisotopic (exact) mass is 370 g/mol. The van der Waals surface area contributed by atoms with E-state index in [0.717, 1.165) is 29.1 Å². The van der Waals surface area contributed by atoms with Crippen molar-refractivity contribution in [2.24, 2.45) is 0 Å². The van der Waals surface area contributed by atoms with E-state index in [1.165, 1.54) is 6.07 Å². The molecule has 138 valence electrons. The molecule has 3 rings (SSSR count). The standard InChI is InChI=1S/C20H17F3N4/c1-14-25-7-8-27(14)13-16-4-2-3-15(9-16)12-26-19-6-5-18(20(21,22)23)10-17(19)11-24/h2-10,26H,12-13H2,1H3. The summed E-state index contributed by atoms with van der Waals surface area (Å²) >= 11 is 0. The van der Waals surface area contributed by atoms with Gasteiger partial charge in [-0.3, -0.25) is 0 Å². The Kier molecular flexibility index (Phi) is 5.17. The molecule has 0 amide bonds. The van der Waals surface area contributed by atoms with Gasteiger partial charge in [0.2, 0.25) is 0 Å². The Morgan fingerprint density at radius 3 is 2.59 bits per heavy atom. The van der Waals surface area contributed by atoms with Crippen LogP contribution in [0.15, 0.2) is 54.9 Å². The maximum absolute atomic E-state index is 12.8. The van der Waals surface area contributed by atoms with E-state index < -0.39 is 11.7 Å². The van der Waals surface area contributed by atoms with Crippen LogP contribution < -0.4 is 5.32 Å². The van der Waals surface area contributed by atoms with E-state index in [-0.39, 0.29) is 5.56 Å². The van der Waals surface area contributed by atoms with Crippen molar-refractivity contribution in [2.75, 3.05) is 5.32 Å². The maximum Gasteiger partial charge on any atom is 0.416 e. The Hall–Kier alpha value is -3.27. The summed E-state index contributed by atoms with van der Waals surface area (Å²) in [6, 6.07) is 12.8. The van der Waals surface area contributed by atoms with E-state index in [4.69, 9.17) is 5.26 Å². The molecule has 0 bridgehead atoms. The molecule has 2 aromatic carbocycles. The fourth-order valence-electron chi connectivity index (χ4n) is 2.77. The number of nitrogens with one attached hydrogen (secondary N) is 1. The molecule has 27 heavy (non-hydrogen) atoms. The molecule has 4 nitrogen and oxygen atoms in total. The topological polar surface area (TPSA) is 53.6 Å². The molecule has 1 heterocycles. The van der Waals surface area contributed by atoms with Crippen LogP contribution in [0, 0.1) is 18.3 Å². The van der Waals surface area contributed by atoms with Crippen molar-refractivity contribution in [2.45, 2.75) is 26.2 Å². The second kappa shape index (κ2) is 7.54. The van der Waals surface area contributed by atoms with Gasteiger partial charge in [0.05, 0.1) is 16.8 Å². The zero-order chi connectivity index (χ0) is 19.4. The van der Waals surface area contributed by atoms with Gasteiger partial charge in [-0.05, 0) is 36.2 Å². The van der Waals surface area contributed by atoms with Crippen LogP contribution in [0.1, 0.15) is 28.1 Å². The van der Waals surface area contributed by atoms with Gasteiger partial charge < -0.3 is 9.88 Å². The molecule has 1 aromatic heterocycles. The van der Waals surface area contributed by atoms with Crippen molar-refractivity contribution in [1.82, 2.24) is 9.55 Å². The largest absolute Gasteiger partial charge is 0.416 e. The summed E-state index contributed by atoms with van der Waals surface area (Å²) in [5.74, 6) is 0.918. The van der Waals surface area contributed by atoms with E-state index in [2.05, 4.69) is 10.3 Å². The minimum absolute atomic E-state index is 0.0324. The molecule has 0 aliphatic carbocycles. The molecule has 1 N–H and O–H groups in total. The molecule has 0 radical (unpaired) electrons. The first-order valence-electron chi connectivity index (χ1n) is 8.27. The van der Waals surface area contributed by atoms with Gasteiger partial charge in [-0.25, -0.2) is 4.98 Å². The first-order chi connectivity index (χ1) is 12.9. The zero-order valence-electron chi connectivity index (χ0n) is 14.6. The third kappa shape index (κ3) is 4.47. The van der Waals surface area contributed by atoms with Crippen molar-refractivity contribution >= 4 is 5.69 Å². The zero-order valence-corrected chi connectivity index (χ0v) is 14.6. The molecule has 0 aliphatic rings. The summed E-state index contributed by atoms with van der Waals surface area (Å²) in [7, 11) is 0. The lowest BCUT2D eigenvalue weighted by atomic mass is 10.1. The maximum atomic E-state index is 12.8. The third-order valence-electron chi connectivity index (χ3n) is 4.22. The van der Waals surface area contributed by atoms with Crippen molar-refractivity contribution < 1.29 is 13.2 Å². The van der Waals surface area contributed by atoms with E-state index >= 15 is 0 Å². The fraction of sp³-hybridized carbons (Fsp3) is 0.200. The predicted octanol–water partition coefficient (Wildman–Crippen LogP) is 4.74. The molecular weight excluding hydrogens is 353 g/mol. The Morgan fingerprint density at radius 2 is 1.93 bits per heavy atom. The lowest BCUT2D eigenvalue weighted by molar-refractivity contribution is -0.137. The number of hydrogen-bond acceptors (Lipinski definition) is 3. The number of anilines is 1. The summed E-state index contributed by atoms with van der Waals surface area (Å²) < 4.78 is 40.4. The van der Waals surface area contributed by atoms with Gasteiger partial charge in [0, 0.05) is 25.5 Å². The van der Waals surface area contributed by atoms with Crippen molar-refractivity contribution in [3.63, 3.8) is 0 Å². The van der Waals surface area contributed by atoms with Gasteiger partial charge in [0.1, 0.15) is 11.9 Å². The molecule has 0 unspecified atom stereocenters.